The standard InChI is InChI=1S/C46H33BN4O2.Pt/c1-46(2,3)31-27-40-44-41(28-31)51(33-16-8-5-9-17-33)39-24-22-34(52-43-20-12-13-25-48-43)29-36(39)47(44)35-26-30(45-49-37-18-10-11-19-42(37)53-45)21-23-38(35)50(40)32-14-6-4-7-15-32;/h4-25,27-28H,1-3H3;/q-2;+2. The maximum atomic E-state index is 6.35. The van der Waals surface area contributed by atoms with Crippen molar-refractivity contribution in [3.8, 4) is 23.1 Å². The van der Waals surface area contributed by atoms with Crippen molar-refractivity contribution in [1.29, 1.82) is 0 Å². The van der Waals surface area contributed by atoms with E-state index in [1.807, 2.05) is 48.5 Å². The Hall–Kier alpha value is -5.91. The van der Waals surface area contributed by atoms with Crippen LogP contribution in [0.5, 0.6) is 11.6 Å². The van der Waals surface area contributed by atoms with Gasteiger partial charge in [-0.1, -0.05) is 86.6 Å². The van der Waals surface area contributed by atoms with E-state index >= 15 is 0 Å². The summed E-state index contributed by atoms with van der Waals surface area (Å²) in [6.45, 7) is 6.60. The van der Waals surface area contributed by atoms with Crippen LogP contribution in [-0.4, -0.2) is 16.7 Å². The number of benzene rings is 6. The summed E-state index contributed by atoms with van der Waals surface area (Å²) in [5.74, 6) is 1.64. The summed E-state index contributed by atoms with van der Waals surface area (Å²) in [5, 5.41) is 0. The molecule has 262 valence electrons. The molecule has 8 heteroatoms. The first-order valence-electron chi connectivity index (χ1n) is 17.9. The fourth-order valence-electron chi connectivity index (χ4n) is 7.63. The molecule has 2 aliphatic heterocycles. The van der Waals surface area contributed by atoms with Crippen LogP contribution < -0.4 is 30.9 Å². The molecule has 0 radical (unpaired) electrons. The molecule has 6 nitrogen and oxygen atoms in total. The van der Waals surface area contributed by atoms with E-state index < -0.39 is 0 Å². The molecule has 4 heterocycles. The number of nitrogens with zero attached hydrogens (tertiary/aromatic N) is 4. The summed E-state index contributed by atoms with van der Waals surface area (Å²) in [6, 6.07) is 55.5. The Kier molecular flexibility index (Phi) is 8.28. The zero-order valence-electron chi connectivity index (χ0n) is 29.9. The molecule has 0 fully saturated rings. The third-order valence-corrected chi connectivity index (χ3v) is 10.1. The number of pyridine rings is 1. The molecule has 0 atom stereocenters. The fraction of sp³-hybridized carbons (Fsp3) is 0.0870. The molecule has 0 unspecified atom stereocenters. The number of fused-ring (bicyclic) bond motifs is 5. The van der Waals surface area contributed by atoms with E-state index in [1.165, 1.54) is 11.0 Å². The zero-order valence-corrected chi connectivity index (χ0v) is 32.1. The van der Waals surface area contributed by atoms with Crippen molar-refractivity contribution >= 4 is 68.3 Å². The number of hydrogen-bond acceptors (Lipinski definition) is 6. The van der Waals surface area contributed by atoms with Gasteiger partial charge < -0.3 is 19.0 Å². The summed E-state index contributed by atoms with van der Waals surface area (Å²) in [7, 11) is 0. The minimum atomic E-state index is -0.240. The monoisotopic (exact) mass is 879 g/mol. The van der Waals surface area contributed by atoms with Gasteiger partial charge in [-0.25, -0.2) is 4.98 Å². The number of ether oxygens (including phenoxy) is 1. The van der Waals surface area contributed by atoms with Crippen molar-refractivity contribution in [2.75, 3.05) is 9.80 Å². The molecule has 0 amide bonds. The van der Waals surface area contributed by atoms with Crippen molar-refractivity contribution < 1.29 is 30.2 Å². The maximum absolute atomic E-state index is 6.35. The van der Waals surface area contributed by atoms with Gasteiger partial charge >= 0.3 is 21.1 Å². The summed E-state index contributed by atoms with van der Waals surface area (Å²) in [4.78, 5) is 14.1. The second-order valence-corrected chi connectivity index (χ2v) is 14.5. The van der Waals surface area contributed by atoms with Crippen LogP contribution in [0.25, 0.3) is 22.6 Å². The van der Waals surface area contributed by atoms with Crippen LogP contribution in [-0.2, 0) is 26.5 Å². The summed E-state index contributed by atoms with van der Waals surface area (Å²) >= 11 is 0. The Morgan fingerprint density at radius 2 is 1.26 bits per heavy atom. The van der Waals surface area contributed by atoms with E-state index in [9.17, 15) is 0 Å². The minimum Gasteiger partial charge on any atom is -0.481 e. The number of para-hydroxylation sites is 4. The average molecular weight is 880 g/mol. The number of rotatable bonds is 5. The number of anilines is 6. The molecule has 0 N–H and O–H groups in total. The van der Waals surface area contributed by atoms with Gasteiger partial charge in [0.1, 0.15) is 11.5 Å². The summed E-state index contributed by atoms with van der Waals surface area (Å²) in [5.41, 5.74) is 13.1. The van der Waals surface area contributed by atoms with E-state index in [-0.39, 0.29) is 33.2 Å². The number of oxazole rings is 1. The third-order valence-electron chi connectivity index (χ3n) is 10.1. The van der Waals surface area contributed by atoms with Crippen molar-refractivity contribution in [3.63, 3.8) is 0 Å². The van der Waals surface area contributed by atoms with Crippen LogP contribution in [0.2, 0.25) is 0 Å². The Labute approximate surface area is 329 Å². The first kappa shape index (κ1) is 33.9. The van der Waals surface area contributed by atoms with Crippen molar-refractivity contribution in [3.05, 3.63) is 163 Å². The van der Waals surface area contributed by atoms with E-state index in [2.05, 4.69) is 139 Å². The predicted octanol–water partition coefficient (Wildman–Crippen LogP) is 9.66. The zero-order chi connectivity index (χ0) is 35.7. The Morgan fingerprint density at radius 3 is 1.89 bits per heavy atom. The molecular formula is C46H33BN4O2Pt. The van der Waals surface area contributed by atoms with Crippen LogP contribution in [0.1, 0.15) is 26.3 Å². The third kappa shape index (κ3) is 5.62. The van der Waals surface area contributed by atoms with Crippen LogP contribution >= 0.6 is 0 Å². The van der Waals surface area contributed by atoms with E-state index in [1.54, 1.807) is 6.20 Å². The number of aromatic nitrogens is 2. The first-order chi connectivity index (χ1) is 25.9. The summed E-state index contributed by atoms with van der Waals surface area (Å²) < 4.78 is 12.7. The second kappa shape index (κ2) is 13.2. The van der Waals surface area contributed by atoms with Gasteiger partial charge in [-0.2, -0.15) is 5.46 Å². The van der Waals surface area contributed by atoms with Gasteiger partial charge in [-0.3, -0.25) is 4.98 Å². The second-order valence-electron chi connectivity index (χ2n) is 14.5. The van der Waals surface area contributed by atoms with Gasteiger partial charge in [0.05, 0.1) is 5.52 Å². The minimum absolute atomic E-state index is 0. The number of hydrogen-bond donors (Lipinski definition) is 0. The van der Waals surface area contributed by atoms with Crippen molar-refractivity contribution in [2.45, 2.75) is 26.2 Å². The van der Waals surface area contributed by atoms with Gasteiger partial charge in [0.15, 0.2) is 0 Å². The SMILES string of the molecule is CC(C)(C)c1cc2c3c(c1)N(c1ccccc1)c1ccc(-c4nc5ccccc5o4)[c-]c1B3c1[c-]c(Oc3ccccn3)ccc1N2c1ccccc1.[Pt+2]. The maximum Gasteiger partial charge on any atom is 2.00 e. The molecule has 2 aliphatic rings. The topological polar surface area (TPSA) is 54.6 Å². The van der Waals surface area contributed by atoms with Gasteiger partial charge in [-0.15, -0.1) is 41.9 Å². The average Bonchev–Trinajstić information content (AvgIpc) is 3.63. The van der Waals surface area contributed by atoms with Crippen LogP contribution in [0, 0.1) is 12.1 Å². The Morgan fingerprint density at radius 1 is 0.648 bits per heavy atom. The summed E-state index contributed by atoms with van der Waals surface area (Å²) in [6.07, 6.45) is 1.73. The van der Waals surface area contributed by atoms with Crippen LogP contribution in [0.4, 0.5) is 34.1 Å². The normalized spacial score (nSPS) is 12.8. The van der Waals surface area contributed by atoms with E-state index in [0.717, 1.165) is 61.7 Å². The van der Waals surface area contributed by atoms with Gasteiger partial charge in [-0.05, 0) is 76.7 Å². The fourth-order valence-corrected chi connectivity index (χ4v) is 7.63. The molecule has 0 saturated carbocycles. The van der Waals surface area contributed by atoms with Gasteiger partial charge in [0, 0.05) is 40.8 Å². The molecule has 10 rings (SSSR count). The smallest absolute Gasteiger partial charge is 0.481 e. The van der Waals surface area contributed by atoms with Crippen molar-refractivity contribution in [1.82, 2.24) is 9.97 Å². The molecule has 0 bridgehead atoms. The molecule has 8 aromatic rings. The molecular weight excluding hydrogens is 846 g/mol. The van der Waals surface area contributed by atoms with Crippen LogP contribution in [0.15, 0.2) is 150 Å². The van der Waals surface area contributed by atoms with Crippen LogP contribution in [0.3, 0.4) is 0 Å². The van der Waals surface area contributed by atoms with Gasteiger partial charge in [0.25, 0.3) is 0 Å². The molecule has 0 aliphatic carbocycles. The molecule has 0 spiro atoms. The van der Waals surface area contributed by atoms with E-state index in [4.69, 9.17) is 14.1 Å². The van der Waals surface area contributed by atoms with Gasteiger partial charge in [0.2, 0.25) is 12.6 Å². The first-order valence-corrected chi connectivity index (χ1v) is 17.9. The molecule has 6 aromatic carbocycles. The Bertz CT molecular complexity index is 2610. The largest absolute Gasteiger partial charge is 2.00 e. The van der Waals surface area contributed by atoms with Crippen molar-refractivity contribution in [2.24, 2.45) is 0 Å². The Balaban J connectivity index is 0.00000384. The quantitative estimate of drug-likeness (QED) is 0.127. The predicted molar refractivity (Wildman–Crippen MR) is 214 cm³/mol. The van der Waals surface area contributed by atoms with E-state index in [0.29, 0.717) is 17.5 Å². The molecule has 2 aromatic heterocycles. The molecule has 54 heavy (non-hydrogen) atoms. The molecule has 0 saturated heterocycles.